The number of hydrogen-bond acceptors (Lipinski definition) is 6. The van der Waals surface area contributed by atoms with Gasteiger partial charge in [-0.25, -0.2) is 4.98 Å². The highest BCUT2D eigenvalue weighted by Gasteiger charge is 2.29. The number of para-hydroxylation sites is 1. The monoisotopic (exact) mass is 475 g/mol. The summed E-state index contributed by atoms with van der Waals surface area (Å²) in [5.74, 6) is 2.30. The Morgan fingerprint density at radius 2 is 1.91 bits per heavy atom. The average molecular weight is 476 g/mol. The number of nitrogens with zero attached hydrogens (tertiary/aromatic N) is 3. The summed E-state index contributed by atoms with van der Waals surface area (Å²) < 4.78 is 13.7. The van der Waals surface area contributed by atoms with Crippen molar-refractivity contribution >= 4 is 11.7 Å². The lowest BCUT2D eigenvalue weighted by molar-refractivity contribution is 0.0732. The average Bonchev–Trinajstić information content (AvgIpc) is 3.49. The van der Waals surface area contributed by atoms with Gasteiger partial charge >= 0.3 is 0 Å². The maximum Gasteiger partial charge on any atom is 0.274 e. The SMILES string of the molecule is O=C1c2c(nc(CNCC3CCCO3)n2Cc2ccccc2)NCCN1CCOc1ccccc1. The van der Waals surface area contributed by atoms with Gasteiger partial charge in [-0.05, 0) is 30.5 Å². The fraction of sp³-hybridized carbons (Fsp3) is 0.407. The Balaban J connectivity index is 1.33. The van der Waals surface area contributed by atoms with Crippen molar-refractivity contribution in [1.82, 2.24) is 19.8 Å². The van der Waals surface area contributed by atoms with Crippen LogP contribution in [0.15, 0.2) is 60.7 Å². The molecule has 0 bridgehead atoms. The summed E-state index contributed by atoms with van der Waals surface area (Å²) in [5, 5.41) is 6.88. The molecule has 0 radical (unpaired) electrons. The number of hydrogen-bond donors (Lipinski definition) is 2. The summed E-state index contributed by atoms with van der Waals surface area (Å²) in [7, 11) is 0. The first-order chi connectivity index (χ1) is 17.3. The number of anilines is 1. The Morgan fingerprint density at radius 1 is 1.11 bits per heavy atom. The van der Waals surface area contributed by atoms with Gasteiger partial charge in [0, 0.05) is 32.8 Å². The number of ether oxygens (including phenoxy) is 2. The third kappa shape index (κ3) is 5.83. The van der Waals surface area contributed by atoms with Gasteiger partial charge in [-0.1, -0.05) is 48.5 Å². The quantitative estimate of drug-likeness (QED) is 0.469. The van der Waals surface area contributed by atoms with E-state index in [4.69, 9.17) is 14.5 Å². The molecule has 1 atom stereocenters. The molecule has 184 valence electrons. The molecule has 1 fully saturated rings. The molecule has 0 aliphatic carbocycles. The van der Waals surface area contributed by atoms with Crippen LogP contribution in [0.2, 0.25) is 0 Å². The number of benzene rings is 2. The van der Waals surface area contributed by atoms with E-state index in [0.29, 0.717) is 50.8 Å². The molecule has 1 amide bonds. The number of aromatic nitrogens is 2. The summed E-state index contributed by atoms with van der Waals surface area (Å²) in [4.78, 5) is 20.4. The van der Waals surface area contributed by atoms with Crippen LogP contribution in [0.3, 0.4) is 0 Å². The van der Waals surface area contributed by atoms with Gasteiger partial charge in [0.1, 0.15) is 18.2 Å². The molecular weight excluding hydrogens is 442 g/mol. The van der Waals surface area contributed by atoms with Crippen molar-refractivity contribution in [3.63, 3.8) is 0 Å². The van der Waals surface area contributed by atoms with Crippen molar-refractivity contribution in [2.24, 2.45) is 0 Å². The number of fused-ring (bicyclic) bond motifs is 1. The van der Waals surface area contributed by atoms with Gasteiger partial charge in [0.2, 0.25) is 0 Å². The van der Waals surface area contributed by atoms with Gasteiger partial charge in [0.25, 0.3) is 5.91 Å². The van der Waals surface area contributed by atoms with Crippen LogP contribution in [0.25, 0.3) is 0 Å². The van der Waals surface area contributed by atoms with Crippen LogP contribution in [-0.2, 0) is 17.8 Å². The Labute approximate surface area is 206 Å². The lowest BCUT2D eigenvalue weighted by atomic mass is 10.2. The minimum atomic E-state index is -0.0181. The van der Waals surface area contributed by atoms with E-state index in [9.17, 15) is 4.79 Å². The Bertz CT molecular complexity index is 1100. The second-order valence-corrected chi connectivity index (χ2v) is 8.94. The number of nitrogens with one attached hydrogen (secondary N) is 2. The molecule has 0 spiro atoms. The van der Waals surface area contributed by atoms with E-state index in [1.54, 1.807) is 0 Å². The molecule has 35 heavy (non-hydrogen) atoms. The summed E-state index contributed by atoms with van der Waals surface area (Å²) in [6.07, 6.45) is 2.46. The fourth-order valence-corrected chi connectivity index (χ4v) is 4.63. The van der Waals surface area contributed by atoms with Gasteiger partial charge in [-0.2, -0.15) is 0 Å². The first-order valence-corrected chi connectivity index (χ1v) is 12.4. The molecule has 2 aliphatic rings. The number of carbonyl (C=O) groups excluding carboxylic acids is 1. The first-order valence-electron chi connectivity index (χ1n) is 12.4. The van der Waals surface area contributed by atoms with Gasteiger partial charge in [0.05, 0.1) is 19.2 Å². The lowest BCUT2D eigenvalue weighted by Gasteiger charge is -2.22. The summed E-state index contributed by atoms with van der Waals surface area (Å²) in [5.41, 5.74) is 1.74. The Hall–Kier alpha value is -3.36. The fourth-order valence-electron chi connectivity index (χ4n) is 4.63. The van der Waals surface area contributed by atoms with Crippen LogP contribution in [0.4, 0.5) is 5.82 Å². The minimum Gasteiger partial charge on any atom is -0.492 e. The normalized spacial score (nSPS) is 17.7. The molecule has 8 nitrogen and oxygen atoms in total. The molecule has 1 aromatic heterocycles. The summed E-state index contributed by atoms with van der Waals surface area (Å²) in [6.45, 7) is 4.98. The number of rotatable bonds is 10. The van der Waals surface area contributed by atoms with Crippen LogP contribution in [0.1, 0.15) is 34.7 Å². The predicted molar refractivity (Wildman–Crippen MR) is 135 cm³/mol. The summed E-state index contributed by atoms with van der Waals surface area (Å²) >= 11 is 0. The zero-order valence-corrected chi connectivity index (χ0v) is 20.0. The van der Waals surface area contributed by atoms with Gasteiger partial charge in [0.15, 0.2) is 11.5 Å². The predicted octanol–water partition coefficient (Wildman–Crippen LogP) is 3.15. The highest BCUT2D eigenvalue weighted by molar-refractivity contribution is 5.98. The molecule has 5 rings (SSSR count). The van der Waals surface area contributed by atoms with Crippen LogP contribution < -0.4 is 15.4 Å². The standard InChI is InChI=1S/C27H33N5O3/c33-27-25-26(29-13-14-31(27)15-17-35-22-10-5-2-6-11-22)30-24(19-28-18-23-12-7-16-34-23)32(25)20-21-8-3-1-4-9-21/h1-6,8-11,23,28-29H,7,12-20H2. The maximum atomic E-state index is 13.7. The van der Waals surface area contributed by atoms with E-state index < -0.39 is 0 Å². The molecular formula is C27H33N5O3. The van der Waals surface area contributed by atoms with Crippen LogP contribution >= 0.6 is 0 Å². The number of amides is 1. The van der Waals surface area contributed by atoms with Crippen molar-refractivity contribution < 1.29 is 14.3 Å². The molecule has 1 unspecified atom stereocenters. The van der Waals surface area contributed by atoms with Crippen LogP contribution in [0, 0.1) is 0 Å². The van der Waals surface area contributed by atoms with E-state index in [1.807, 2.05) is 53.4 Å². The van der Waals surface area contributed by atoms with Crippen molar-refractivity contribution in [1.29, 1.82) is 0 Å². The minimum absolute atomic E-state index is 0.0181. The van der Waals surface area contributed by atoms with Crippen molar-refractivity contribution in [3.05, 3.63) is 77.7 Å². The van der Waals surface area contributed by atoms with E-state index in [0.717, 1.165) is 43.1 Å². The lowest BCUT2D eigenvalue weighted by Crippen LogP contribution is -2.37. The second kappa shape index (κ2) is 11.4. The van der Waals surface area contributed by atoms with Crippen LogP contribution in [0.5, 0.6) is 5.75 Å². The zero-order chi connectivity index (χ0) is 23.9. The molecule has 3 heterocycles. The van der Waals surface area contributed by atoms with E-state index in [-0.39, 0.29) is 12.0 Å². The topological polar surface area (TPSA) is 80.6 Å². The number of imidazole rings is 1. The number of carbonyl (C=O) groups is 1. The van der Waals surface area contributed by atoms with Gasteiger partial charge in [-0.15, -0.1) is 0 Å². The molecule has 8 heteroatoms. The van der Waals surface area contributed by atoms with Crippen molar-refractivity contribution in [2.75, 3.05) is 44.7 Å². The summed E-state index contributed by atoms with van der Waals surface area (Å²) in [6, 6.07) is 19.9. The van der Waals surface area contributed by atoms with Gasteiger partial charge < -0.3 is 29.6 Å². The van der Waals surface area contributed by atoms with Crippen LogP contribution in [-0.4, -0.2) is 65.9 Å². The molecule has 1 saturated heterocycles. The Morgan fingerprint density at radius 3 is 2.69 bits per heavy atom. The maximum absolute atomic E-state index is 13.7. The third-order valence-corrected chi connectivity index (χ3v) is 6.45. The largest absolute Gasteiger partial charge is 0.492 e. The van der Waals surface area contributed by atoms with Crippen molar-refractivity contribution in [3.8, 4) is 5.75 Å². The van der Waals surface area contributed by atoms with E-state index in [2.05, 4.69) is 27.3 Å². The first kappa shape index (κ1) is 23.4. The smallest absolute Gasteiger partial charge is 0.274 e. The van der Waals surface area contributed by atoms with E-state index >= 15 is 0 Å². The Kier molecular flexibility index (Phi) is 7.60. The molecule has 2 aromatic carbocycles. The highest BCUT2D eigenvalue weighted by atomic mass is 16.5. The molecule has 2 N–H and O–H groups in total. The zero-order valence-electron chi connectivity index (χ0n) is 20.0. The van der Waals surface area contributed by atoms with Gasteiger partial charge in [-0.3, -0.25) is 4.79 Å². The van der Waals surface area contributed by atoms with E-state index in [1.165, 1.54) is 0 Å². The molecule has 2 aliphatic heterocycles. The highest BCUT2D eigenvalue weighted by Crippen LogP contribution is 2.24. The van der Waals surface area contributed by atoms with Crippen molar-refractivity contribution in [2.45, 2.75) is 32.0 Å². The second-order valence-electron chi connectivity index (χ2n) is 8.94. The third-order valence-electron chi connectivity index (χ3n) is 6.45. The molecule has 3 aromatic rings. The molecule has 0 saturated carbocycles.